The quantitative estimate of drug-likeness (QED) is 0.122. The van der Waals surface area contributed by atoms with Gasteiger partial charge in [0, 0.05) is 34.3 Å². The van der Waals surface area contributed by atoms with Crippen LogP contribution in [0.5, 0.6) is 0 Å². The number of hydrogen-bond acceptors (Lipinski definition) is 3. The lowest BCUT2D eigenvalue weighted by atomic mass is 9.78. The minimum absolute atomic E-state index is 0.201. The van der Waals surface area contributed by atoms with E-state index in [-0.39, 0.29) is 28.3 Å². The summed E-state index contributed by atoms with van der Waals surface area (Å²) in [5, 5.41) is 1.18. The molecule has 1 unspecified atom stereocenters. The predicted octanol–water partition coefficient (Wildman–Crippen LogP) is 10.2. The fourth-order valence-corrected chi connectivity index (χ4v) is 12.4. The zero-order valence-corrected chi connectivity index (χ0v) is 31.1. The van der Waals surface area contributed by atoms with Gasteiger partial charge in [-0.15, -0.1) is 0 Å². The van der Waals surface area contributed by atoms with Gasteiger partial charge in [-0.2, -0.15) is 0 Å². The molecule has 3 nitrogen and oxygen atoms in total. The Morgan fingerprint density at radius 2 is 1.45 bits per heavy atom. The van der Waals surface area contributed by atoms with Crippen molar-refractivity contribution in [3.05, 3.63) is 12.2 Å². The normalized spacial score (nSPS) is 29.7. The van der Waals surface area contributed by atoms with Gasteiger partial charge in [-0.25, -0.2) is 0 Å². The van der Waals surface area contributed by atoms with E-state index in [0.717, 1.165) is 18.2 Å². The van der Waals surface area contributed by atoms with Gasteiger partial charge in [-0.05, 0) is 96.1 Å². The average molecular weight is 631 g/mol. The number of halogens is 1. The van der Waals surface area contributed by atoms with E-state index in [2.05, 4.69) is 122 Å². The highest BCUT2D eigenvalue weighted by Crippen LogP contribution is 2.46. The van der Waals surface area contributed by atoms with E-state index in [0.29, 0.717) is 17.9 Å². The third-order valence-corrected chi connectivity index (χ3v) is 20.7. The second-order valence-corrected chi connectivity index (χ2v) is 25.3. The Hall–Kier alpha value is 0.534. The first kappa shape index (κ1) is 34.7. The molecule has 0 radical (unpaired) electrons. The van der Waals surface area contributed by atoms with Crippen molar-refractivity contribution in [1.29, 1.82) is 0 Å². The van der Waals surface area contributed by atoms with Gasteiger partial charge >= 0.3 is 0 Å². The standard InChI is InChI=1S/C32H64BrNO2Si2/c1-14-25(34-31(8,9)21-18-22-32(34,10)11)19-20-26-27(24-33)29(36-38(15-2,16-3)17-4)23-28(26)35-37(12,13)30(5,6)7/h19-20,25-29H,14-18,21-24H2,1-13H3/b20-19+/t25?,26-,27+,28-,29+/m1/s1. The molecule has 0 N–H and O–H groups in total. The van der Waals surface area contributed by atoms with Crippen LogP contribution in [0.3, 0.4) is 0 Å². The maximum Gasteiger partial charge on any atom is 0.192 e. The molecule has 0 bridgehead atoms. The van der Waals surface area contributed by atoms with E-state index in [1.165, 1.54) is 37.4 Å². The molecule has 0 aromatic heterocycles. The Morgan fingerprint density at radius 3 is 1.87 bits per heavy atom. The molecule has 2 aliphatic rings. The van der Waals surface area contributed by atoms with Crippen molar-refractivity contribution in [3.8, 4) is 0 Å². The van der Waals surface area contributed by atoms with E-state index in [1.54, 1.807) is 0 Å². The maximum absolute atomic E-state index is 7.24. The van der Waals surface area contributed by atoms with Crippen molar-refractivity contribution in [2.75, 3.05) is 5.33 Å². The second kappa shape index (κ2) is 13.2. The van der Waals surface area contributed by atoms with Crippen molar-refractivity contribution in [2.45, 2.75) is 174 Å². The van der Waals surface area contributed by atoms with Gasteiger partial charge in [-0.1, -0.05) is 76.5 Å². The van der Waals surface area contributed by atoms with E-state index < -0.39 is 16.6 Å². The fraction of sp³-hybridized carbons (Fsp3) is 0.938. The van der Waals surface area contributed by atoms with Crippen molar-refractivity contribution >= 4 is 32.6 Å². The summed E-state index contributed by atoms with van der Waals surface area (Å²) in [6.45, 7) is 31.2. The number of rotatable bonds is 12. The molecule has 0 aromatic rings. The van der Waals surface area contributed by atoms with E-state index >= 15 is 0 Å². The van der Waals surface area contributed by atoms with Crippen LogP contribution < -0.4 is 0 Å². The van der Waals surface area contributed by atoms with Crippen molar-refractivity contribution in [2.24, 2.45) is 11.8 Å². The fourth-order valence-electron chi connectivity index (χ4n) is 7.26. The Bertz CT molecular complexity index is 748. The largest absolute Gasteiger partial charge is 0.414 e. The molecule has 38 heavy (non-hydrogen) atoms. The van der Waals surface area contributed by atoms with Gasteiger partial charge in [0.25, 0.3) is 0 Å². The van der Waals surface area contributed by atoms with Crippen LogP contribution in [0.25, 0.3) is 0 Å². The van der Waals surface area contributed by atoms with Gasteiger partial charge in [0.05, 0.1) is 12.2 Å². The van der Waals surface area contributed by atoms with Crippen LogP contribution in [-0.4, -0.2) is 56.2 Å². The van der Waals surface area contributed by atoms with Crippen LogP contribution in [0.4, 0.5) is 0 Å². The number of hydrogen-bond donors (Lipinski definition) is 0. The molecule has 1 saturated carbocycles. The van der Waals surface area contributed by atoms with Crippen LogP contribution >= 0.6 is 15.9 Å². The Morgan fingerprint density at radius 1 is 0.921 bits per heavy atom. The topological polar surface area (TPSA) is 21.7 Å². The molecule has 1 saturated heterocycles. The first-order valence-corrected chi connectivity index (χ1v) is 22.4. The molecule has 0 amide bonds. The van der Waals surface area contributed by atoms with E-state index in [4.69, 9.17) is 8.85 Å². The van der Waals surface area contributed by atoms with Gasteiger partial charge in [-0.3, -0.25) is 4.90 Å². The molecule has 6 heteroatoms. The van der Waals surface area contributed by atoms with E-state index in [9.17, 15) is 0 Å². The number of piperidine rings is 1. The third-order valence-electron chi connectivity index (χ3n) is 10.8. The predicted molar refractivity (Wildman–Crippen MR) is 177 cm³/mol. The van der Waals surface area contributed by atoms with Crippen molar-refractivity contribution in [1.82, 2.24) is 4.90 Å². The zero-order chi connectivity index (χ0) is 29.2. The van der Waals surface area contributed by atoms with Crippen LogP contribution in [0.1, 0.15) is 108 Å². The highest BCUT2D eigenvalue weighted by molar-refractivity contribution is 9.09. The minimum atomic E-state index is -1.91. The summed E-state index contributed by atoms with van der Waals surface area (Å²) in [6.07, 6.45) is 11.7. The van der Waals surface area contributed by atoms with Crippen LogP contribution in [0.15, 0.2) is 12.2 Å². The van der Waals surface area contributed by atoms with E-state index in [1.807, 2.05) is 0 Å². The number of nitrogens with zero attached hydrogens (tertiary/aromatic N) is 1. The summed E-state index contributed by atoms with van der Waals surface area (Å²) in [4.78, 5) is 2.83. The molecule has 2 rings (SSSR count). The van der Waals surface area contributed by atoms with Crippen molar-refractivity contribution < 1.29 is 8.85 Å². The summed E-state index contributed by atoms with van der Waals surface area (Å²) >= 11 is 3.96. The molecule has 1 aliphatic heterocycles. The molecule has 0 aromatic carbocycles. The van der Waals surface area contributed by atoms with Gasteiger partial charge < -0.3 is 8.85 Å². The Labute approximate surface area is 248 Å². The smallest absolute Gasteiger partial charge is 0.192 e. The molecule has 1 aliphatic carbocycles. The number of likely N-dealkylation sites (tertiary alicyclic amines) is 1. The molecule has 1 heterocycles. The minimum Gasteiger partial charge on any atom is -0.414 e. The molecule has 224 valence electrons. The zero-order valence-electron chi connectivity index (χ0n) is 27.5. The summed E-state index contributed by atoms with van der Waals surface area (Å²) in [5.74, 6) is 0.841. The summed E-state index contributed by atoms with van der Waals surface area (Å²) < 4.78 is 14.5. The van der Waals surface area contributed by atoms with Gasteiger partial charge in [0.1, 0.15) is 0 Å². The Balaban J connectivity index is 2.47. The monoisotopic (exact) mass is 629 g/mol. The average Bonchev–Trinajstić information content (AvgIpc) is 3.12. The number of alkyl halides is 1. The summed E-state index contributed by atoms with van der Waals surface area (Å²) in [7, 11) is -3.62. The van der Waals surface area contributed by atoms with Crippen molar-refractivity contribution in [3.63, 3.8) is 0 Å². The Kier molecular flexibility index (Phi) is 12.1. The van der Waals surface area contributed by atoms with Gasteiger partial charge in [0.15, 0.2) is 16.6 Å². The maximum atomic E-state index is 7.24. The van der Waals surface area contributed by atoms with Crippen LogP contribution in [-0.2, 0) is 8.85 Å². The SMILES string of the molecule is CCC(/C=C/[C@@H]1[C@H](CBr)[C@@H](O[Si](CC)(CC)CC)C[C@H]1O[Si](C)(C)C(C)(C)C)N1C(C)(C)CCCC1(C)C. The molecular formula is C32H64BrNO2Si2. The highest BCUT2D eigenvalue weighted by atomic mass is 79.9. The molecule has 5 atom stereocenters. The van der Waals surface area contributed by atoms with Crippen LogP contribution in [0, 0.1) is 11.8 Å². The highest BCUT2D eigenvalue weighted by Gasteiger charge is 2.50. The lowest BCUT2D eigenvalue weighted by Gasteiger charge is -2.56. The molecule has 0 spiro atoms. The summed E-state index contributed by atoms with van der Waals surface area (Å²) in [5.41, 5.74) is 0.434. The molecule has 2 fully saturated rings. The van der Waals surface area contributed by atoms with Crippen LogP contribution in [0.2, 0.25) is 36.3 Å². The van der Waals surface area contributed by atoms with Gasteiger partial charge in [0.2, 0.25) is 0 Å². The third kappa shape index (κ3) is 7.67. The summed E-state index contributed by atoms with van der Waals surface area (Å²) in [6, 6.07) is 4.06. The lowest BCUT2D eigenvalue weighted by Crippen LogP contribution is -2.61. The first-order valence-electron chi connectivity index (χ1n) is 15.8. The molecular weight excluding hydrogens is 566 g/mol. The first-order chi connectivity index (χ1) is 17.4. The second-order valence-electron chi connectivity index (χ2n) is 15.2. The lowest BCUT2D eigenvalue weighted by molar-refractivity contribution is -0.0488.